The molecule has 3 N–H and O–H groups in total. The summed E-state index contributed by atoms with van der Waals surface area (Å²) in [6, 6.07) is 0. The van der Waals surface area contributed by atoms with E-state index in [1.807, 2.05) is 0 Å². The molecule has 0 aliphatic rings. The van der Waals surface area contributed by atoms with Crippen molar-refractivity contribution in [3.8, 4) is 0 Å². The van der Waals surface area contributed by atoms with Crippen molar-refractivity contribution in [2.75, 3.05) is 0 Å². The zero-order valence-electron chi connectivity index (χ0n) is 13.1. The number of carboxylic acid groups (broad SMARTS) is 2. The van der Waals surface area contributed by atoms with Gasteiger partial charge in [0.2, 0.25) is 0 Å². The van der Waals surface area contributed by atoms with Crippen LogP contribution in [0, 0.1) is 0 Å². The van der Waals surface area contributed by atoms with E-state index in [-0.39, 0.29) is 56.9 Å². The number of nitrogens with two attached hydrogens (primary N) is 1. The van der Waals surface area contributed by atoms with E-state index >= 15 is 0 Å². The number of carboxylic acids is 2. The average Bonchev–Trinajstić information content (AvgIpc) is 2.28. The van der Waals surface area contributed by atoms with Gasteiger partial charge in [-0.2, -0.15) is 0 Å². The standard InChI is InChI=1S/C10H23N.C4H4O4.K/c1-4-7-10(11,8-5-2)9-6-3;5-3(6)1-2-4(7)8;/h4-9,11H2,1-3H3;1-2H,(H,5,6)(H,7,8);/q;;+1/p-1/b;2-1-;. The third kappa shape index (κ3) is 18.3. The van der Waals surface area contributed by atoms with Crippen molar-refractivity contribution in [3.05, 3.63) is 12.2 Å². The second-order valence-electron chi connectivity index (χ2n) is 4.60. The zero-order valence-corrected chi connectivity index (χ0v) is 16.3. The van der Waals surface area contributed by atoms with Crippen molar-refractivity contribution < 1.29 is 71.2 Å². The molecule has 0 fully saturated rings. The molecule has 6 heteroatoms. The molecular formula is C14H26KNO4. The molecule has 0 atom stereocenters. The average molecular weight is 311 g/mol. The maximum absolute atomic E-state index is 9.53. The van der Waals surface area contributed by atoms with Gasteiger partial charge in [-0.3, -0.25) is 0 Å². The van der Waals surface area contributed by atoms with Crippen LogP contribution in [0.3, 0.4) is 0 Å². The van der Waals surface area contributed by atoms with Gasteiger partial charge >= 0.3 is 57.4 Å². The molecule has 0 aromatic rings. The molecule has 0 aliphatic heterocycles. The van der Waals surface area contributed by atoms with E-state index in [1.165, 1.54) is 38.5 Å². The van der Waals surface area contributed by atoms with Gasteiger partial charge in [0.25, 0.3) is 0 Å². The Hall–Kier alpha value is 0.276. The first-order chi connectivity index (χ1) is 8.81. The van der Waals surface area contributed by atoms with Gasteiger partial charge in [0.05, 0.1) is 5.97 Å². The fraction of sp³-hybridized carbons (Fsp3) is 0.714. The first-order valence-electron chi connectivity index (χ1n) is 6.72. The number of rotatable bonds is 8. The number of carbonyl (C=O) groups excluding carboxylic acids is 1. The molecule has 0 radical (unpaired) electrons. The van der Waals surface area contributed by atoms with E-state index in [2.05, 4.69) is 20.8 Å². The Labute approximate surface area is 164 Å². The quantitative estimate of drug-likeness (QED) is 0.418. The van der Waals surface area contributed by atoms with Gasteiger partial charge in [0.15, 0.2) is 0 Å². The maximum Gasteiger partial charge on any atom is 1.00 e. The van der Waals surface area contributed by atoms with Crippen LogP contribution in [-0.2, 0) is 9.59 Å². The Bertz CT molecular complexity index is 260. The summed E-state index contributed by atoms with van der Waals surface area (Å²) in [6.07, 6.45) is 8.17. The number of aliphatic carboxylic acids is 2. The minimum atomic E-state index is -1.51. The van der Waals surface area contributed by atoms with Crippen LogP contribution in [0.2, 0.25) is 0 Å². The first kappa shape index (κ1) is 25.2. The van der Waals surface area contributed by atoms with Crippen molar-refractivity contribution in [2.45, 2.75) is 64.8 Å². The summed E-state index contributed by atoms with van der Waals surface area (Å²) < 4.78 is 0. The largest absolute Gasteiger partial charge is 1.00 e. The summed E-state index contributed by atoms with van der Waals surface area (Å²) in [6.45, 7) is 6.65. The molecule has 112 valence electrons. The summed E-state index contributed by atoms with van der Waals surface area (Å²) in [7, 11) is 0. The van der Waals surface area contributed by atoms with Gasteiger partial charge in [-0.05, 0) is 25.3 Å². The Morgan fingerprint density at radius 3 is 1.55 bits per heavy atom. The van der Waals surface area contributed by atoms with Crippen LogP contribution < -0.4 is 62.2 Å². The van der Waals surface area contributed by atoms with Crippen LogP contribution >= 0.6 is 0 Å². The predicted octanol–water partition coefficient (Wildman–Crippen LogP) is -1.53. The molecular weight excluding hydrogens is 285 g/mol. The van der Waals surface area contributed by atoms with Crippen LogP contribution in [0.25, 0.3) is 0 Å². The summed E-state index contributed by atoms with van der Waals surface area (Å²) in [4.78, 5) is 19.0. The van der Waals surface area contributed by atoms with Gasteiger partial charge in [-0.25, -0.2) is 4.79 Å². The van der Waals surface area contributed by atoms with Gasteiger partial charge in [-0.15, -0.1) is 0 Å². The van der Waals surface area contributed by atoms with E-state index in [0.29, 0.717) is 12.2 Å². The van der Waals surface area contributed by atoms with Crippen molar-refractivity contribution in [1.29, 1.82) is 0 Å². The van der Waals surface area contributed by atoms with Gasteiger partial charge in [-0.1, -0.05) is 40.0 Å². The third-order valence-corrected chi connectivity index (χ3v) is 2.61. The van der Waals surface area contributed by atoms with Crippen LogP contribution in [0.4, 0.5) is 0 Å². The zero-order chi connectivity index (χ0) is 15.3. The second-order valence-corrected chi connectivity index (χ2v) is 4.60. The van der Waals surface area contributed by atoms with E-state index in [4.69, 9.17) is 10.8 Å². The van der Waals surface area contributed by atoms with Crippen molar-refractivity contribution >= 4 is 11.9 Å². The van der Waals surface area contributed by atoms with Crippen molar-refractivity contribution in [1.82, 2.24) is 0 Å². The van der Waals surface area contributed by atoms with Crippen LogP contribution in [0.5, 0.6) is 0 Å². The maximum atomic E-state index is 9.53. The Kier molecular flexibility index (Phi) is 19.8. The molecule has 0 amide bonds. The Morgan fingerprint density at radius 1 is 1.05 bits per heavy atom. The molecule has 0 spiro atoms. The van der Waals surface area contributed by atoms with Gasteiger partial charge < -0.3 is 20.7 Å². The monoisotopic (exact) mass is 311 g/mol. The van der Waals surface area contributed by atoms with Crippen LogP contribution in [0.1, 0.15) is 59.3 Å². The molecule has 20 heavy (non-hydrogen) atoms. The molecule has 0 aromatic heterocycles. The number of hydrogen-bond donors (Lipinski definition) is 2. The first-order valence-corrected chi connectivity index (χ1v) is 6.72. The molecule has 0 heterocycles. The smallest absolute Gasteiger partial charge is 0.545 e. The molecule has 0 bridgehead atoms. The third-order valence-electron chi connectivity index (χ3n) is 2.61. The van der Waals surface area contributed by atoms with Crippen molar-refractivity contribution in [3.63, 3.8) is 0 Å². The van der Waals surface area contributed by atoms with Crippen LogP contribution in [-0.4, -0.2) is 22.6 Å². The van der Waals surface area contributed by atoms with Gasteiger partial charge in [0, 0.05) is 11.6 Å². The number of hydrogen-bond acceptors (Lipinski definition) is 4. The Morgan fingerprint density at radius 2 is 1.40 bits per heavy atom. The number of carbonyl (C=O) groups is 2. The molecule has 0 aromatic carbocycles. The van der Waals surface area contributed by atoms with E-state index in [9.17, 15) is 14.7 Å². The molecule has 5 nitrogen and oxygen atoms in total. The topological polar surface area (TPSA) is 103 Å². The van der Waals surface area contributed by atoms with Crippen LogP contribution in [0.15, 0.2) is 12.2 Å². The van der Waals surface area contributed by atoms with E-state index < -0.39 is 11.9 Å². The second kappa shape index (κ2) is 15.7. The fourth-order valence-corrected chi connectivity index (χ4v) is 2.01. The molecule has 0 unspecified atom stereocenters. The summed E-state index contributed by atoms with van der Waals surface area (Å²) in [5, 5.41) is 17.2. The molecule has 0 saturated heterocycles. The fourth-order valence-electron chi connectivity index (χ4n) is 2.01. The SMILES string of the molecule is CCCC(N)(CCC)CCC.O=C([O-])/C=C\C(=O)O.[K+]. The molecule has 0 aliphatic carbocycles. The molecule has 0 rings (SSSR count). The predicted molar refractivity (Wildman–Crippen MR) is 73.4 cm³/mol. The van der Waals surface area contributed by atoms with Gasteiger partial charge in [0.1, 0.15) is 0 Å². The minimum Gasteiger partial charge on any atom is -0.545 e. The van der Waals surface area contributed by atoms with E-state index in [0.717, 1.165) is 0 Å². The summed E-state index contributed by atoms with van der Waals surface area (Å²) >= 11 is 0. The minimum absolute atomic E-state index is 0. The normalized spacial score (nSPS) is 10.4. The molecule has 0 saturated carbocycles. The van der Waals surface area contributed by atoms with Crippen molar-refractivity contribution in [2.24, 2.45) is 5.73 Å². The summed E-state index contributed by atoms with van der Waals surface area (Å²) in [5.74, 6) is -2.80. The summed E-state index contributed by atoms with van der Waals surface area (Å²) in [5.41, 5.74) is 6.38. The van der Waals surface area contributed by atoms with E-state index in [1.54, 1.807) is 0 Å². The Balaban J connectivity index is -0.000000288.